The molecule has 0 saturated heterocycles. The highest BCUT2D eigenvalue weighted by atomic mass is 19.1. The predicted octanol–water partition coefficient (Wildman–Crippen LogP) is 1.15. The van der Waals surface area contributed by atoms with Crippen molar-refractivity contribution in [2.75, 3.05) is 12.3 Å². The van der Waals surface area contributed by atoms with Gasteiger partial charge in [-0.1, -0.05) is 0 Å². The number of benzene rings is 1. The fourth-order valence-corrected chi connectivity index (χ4v) is 1.65. The lowest BCUT2D eigenvalue weighted by atomic mass is 10.1. The highest BCUT2D eigenvalue weighted by molar-refractivity contribution is 5.92. The van der Waals surface area contributed by atoms with Crippen molar-refractivity contribution in [3.8, 4) is 0 Å². The first kappa shape index (κ1) is 13.3. The summed E-state index contributed by atoms with van der Waals surface area (Å²) in [6.07, 6.45) is 1.89. The van der Waals surface area contributed by atoms with Gasteiger partial charge in [-0.3, -0.25) is 4.79 Å². The van der Waals surface area contributed by atoms with Crippen molar-refractivity contribution >= 4 is 17.6 Å². The summed E-state index contributed by atoms with van der Waals surface area (Å²) in [4.78, 5) is 23.0. The molecule has 0 radical (unpaired) electrons. The molecular formula is C13H15FN2O3. The van der Waals surface area contributed by atoms with Gasteiger partial charge in [0.1, 0.15) is 5.82 Å². The lowest BCUT2D eigenvalue weighted by Crippen LogP contribution is -2.30. The van der Waals surface area contributed by atoms with E-state index in [-0.39, 0.29) is 28.8 Å². The number of hydrogen-bond acceptors (Lipinski definition) is 4. The minimum Gasteiger partial charge on any atom is -0.452 e. The number of rotatable bonds is 4. The fraction of sp³-hybridized carbons (Fsp3) is 0.385. The van der Waals surface area contributed by atoms with E-state index in [4.69, 9.17) is 10.5 Å². The molecule has 1 fully saturated rings. The normalized spacial score (nSPS) is 14.0. The molecule has 1 saturated carbocycles. The monoisotopic (exact) mass is 266 g/mol. The Labute approximate surface area is 109 Å². The first-order chi connectivity index (χ1) is 8.97. The lowest BCUT2D eigenvalue weighted by Gasteiger charge is -2.08. The number of carbonyl (C=O) groups excluding carboxylic acids is 2. The Morgan fingerprint density at radius 3 is 2.79 bits per heavy atom. The number of nitrogen functional groups attached to an aromatic ring is 1. The van der Waals surface area contributed by atoms with E-state index < -0.39 is 18.4 Å². The Morgan fingerprint density at radius 1 is 1.47 bits per heavy atom. The van der Waals surface area contributed by atoms with E-state index in [1.165, 1.54) is 19.1 Å². The van der Waals surface area contributed by atoms with Crippen LogP contribution in [0.2, 0.25) is 0 Å². The molecule has 1 aliphatic rings. The van der Waals surface area contributed by atoms with Gasteiger partial charge < -0.3 is 15.8 Å². The summed E-state index contributed by atoms with van der Waals surface area (Å²) in [6.45, 7) is 1.09. The van der Waals surface area contributed by atoms with Gasteiger partial charge in [-0.15, -0.1) is 0 Å². The van der Waals surface area contributed by atoms with Crippen LogP contribution in [0.4, 0.5) is 10.1 Å². The summed E-state index contributed by atoms with van der Waals surface area (Å²) >= 11 is 0. The van der Waals surface area contributed by atoms with Gasteiger partial charge in [0.15, 0.2) is 6.61 Å². The minimum absolute atomic E-state index is 0.192. The van der Waals surface area contributed by atoms with Gasteiger partial charge in [0.25, 0.3) is 5.91 Å². The van der Waals surface area contributed by atoms with E-state index in [1.807, 2.05) is 0 Å². The lowest BCUT2D eigenvalue weighted by molar-refractivity contribution is -0.124. The average molecular weight is 266 g/mol. The number of ether oxygens (including phenoxy) is 1. The Bertz CT molecular complexity index is 527. The van der Waals surface area contributed by atoms with Crippen LogP contribution < -0.4 is 11.1 Å². The zero-order valence-electron chi connectivity index (χ0n) is 10.5. The molecule has 0 bridgehead atoms. The molecule has 5 nitrogen and oxygen atoms in total. The van der Waals surface area contributed by atoms with E-state index in [2.05, 4.69) is 5.32 Å². The summed E-state index contributed by atoms with van der Waals surface area (Å²) in [5.41, 5.74) is 5.82. The quantitative estimate of drug-likeness (QED) is 0.632. The molecule has 0 aliphatic heterocycles. The van der Waals surface area contributed by atoms with E-state index in [9.17, 15) is 14.0 Å². The summed E-state index contributed by atoms with van der Waals surface area (Å²) in [5, 5.41) is 2.66. The summed E-state index contributed by atoms with van der Waals surface area (Å²) < 4.78 is 18.5. The van der Waals surface area contributed by atoms with Gasteiger partial charge >= 0.3 is 5.97 Å². The fourth-order valence-electron chi connectivity index (χ4n) is 1.65. The molecular weight excluding hydrogens is 251 g/mol. The van der Waals surface area contributed by atoms with E-state index >= 15 is 0 Å². The highest BCUT2D eigenvalue weighted by Gasteiger charge is 2.24. The number of carbonyl (C=O) groups is 2. The van der Waals surface area contributed by atoms with Crippen molar-refractivity contribution in [3.63, 3.8) is 0 Å². The molecule has 6 heteroatoms. The van der Waals surface area contributed by atoms with E-state index in [0.29, 0.717) is 0 Å². The van der Waals surface area contributed by atoms with Crippen LogP contribution in [0.25, 0.3) is 0 Å². The van der Waals surface area contributed by atoms with Crippen LogP contribution in [-0.2, 0) is 9.53 Å². The standard InChI is InChI=1S/C13H15FN2O3/c1-7-4-8(15)5-10(12(7)14)13(18)19-6-11(17)16-9-2-3-9/h4-5,9H,2-3,6,15H2,1H3,(H,16,17). The predicted molar refractivity (Wildman–Crippen MR) is 67.0 cm³/mol. The minimum atomic E-state index is -0.890. The van der Waals surface area contributed by atoms with Crippen LogP contribution in [0, 0.1) is 12.7 Å². The number of nitrogens with one attached hydrogen (secondary N) is 1. The smallest absolute Gasteiger partial charge is 0.341 e. The molecule has 1 aromatic rings. The van der Waals surface area contributed by atoms with Crippen LogP contribution in [0.5, 0.6) is 0 Å². The molecule has 1 aromatic carbocycles. The molecule has 0 atom stereocenters. The molecule has 0 unspecified atom stereocenters. The third-order valence-corrected chi connectivity index (χ3v) is 2.77. The third-order valence-electron chi connectivity index (χ3n) is 2.77. The first-order valence-corrected chi connectivity index (χ1v) is 5.99. The van der Waals surface area contributed by atoms with Crippen LogP contribution >= 0.6 is 0 Å². The molecule has 0 aromatic heterocycles. The SMILES string of the molecule is Cc1cc(N)cc(C(=O)OCC(=O)NC2CC2)c1F. The molecule has 1 aliphatic carbocycles. The number of aryl methyl sites for hydroxylation is 1. The largest absolute Gasteiger partial charge is 0.452 e. The van der Waals surface area contributed by atoms with Gasteiger partial charge in [-0.05, 0) is 37.5 Å². The summed E-state index contributed by atoms with van der Waals surface area (Å²) in [6, 6.07) is 2.81. The zero-order valence-corrected chi connectivity index (χ0v) is 10.5. The zero-order chi connectivity index (χ0) is 14.0. The van der Waals surface area contributed by atoms with Crippen molar-refractivity contribution < 1.29 is 18.7 Å². The van der Waals surface area contributed by atoms with E-state index in [1.54, 1.807) is 0 Å². The maximum Gasteiger partial charge on any atom is 0.341 e. The number of esters is 1. The second-order valence-electron chi connectivity index (χ2n) is 4.62. The molecule has 102 valence electrons. The number of halogens is 1. The highest BCUT2D eigenvalue weighted by Crippen LogP contribution is 2.19. The van der Waals surface area contributed by atoms with Crippen molar-refractivity contribution in [2.45, 2.75) is 25.8 Å². The van der Waals surface area contributed by atoms with Crippen LogP contribution in [-0.4, -0.2) is 24.5 Å². The Morgan fingerprint density at radius 2 is 2.16 bits per heavy atom. The van der Waals surface area contributed by atoms with Crippen LogP contribution in [0.3, 0.4) is 0 Å². The number of anilines is 1. The van der Waals surface area contributed by atoms with Crippen LogP contribution in [0.15, 0.2) is 12.1 Å². The van der Waals surface area contributed by atoms with Gasteiger partial charge in [-0.25, -0.2) is 9.18 Å². The number of nitrogens with two attached hydrogens (primary N) is 1. The summed E-state index contributed by atoms with van der Waals surface area (Å²) in [5.74, 6) is -1.95. The van der Waals surface area contributed by atoms with Crippen molar-refractivity contribution in [3.05, 3.63) is 29.1 Å². The van der Waals surface area contributed by atoms with Crippen molar-refractivity contribution in [2.24, 2.45) is 0 Å². The topological polar surface area (TPSA) is 81.4 Å². The second kappa shape index (κ2) is 5.26. The Kier molecular flexibility index (Phi) is 3.69. The average Bonchev–Trinajstić information content (AvgIpc) is 3.14. The molecule has 0 heterocycles. The van der Waals surface area contributed by atoms with Gasteiger partial charge in [0.2, 0.25) is 0 Å². The number of hydrogen-bond donors (Lipinski definition) is 2. The molecule has 3 N–H and O–H groups in total. The van der Waals surface area contributed by atoms with Crippen molar-refractivity contribution in [1.29, 1.82) is 0 Å². The number of amides is 1. The Balaban J connectivity index is 1.97. The van der Waals surface area contributed by atoms with Crippen molar-refractivity contribution in [1.82, 2.24) is 5.32 Å². The summed E-state index contributed by atoms with van der Waals surface area (Å²) in [7, 11) is 0. The van der Waals surface area contributed by atoms with Gasteiger partial charge in [0, 0.05) is 11.7 Å². The van der Waals surface area contributed by atoms with E-state index in [0.717, 1.165) is 12.8 Å². The molecule has 1 amide bonds. The molecule has 0 spiro atoms. The Hall–Kier alpha value is -2.11. The maximum atomic E-state index is 13.7. The maximum absolute atomic E-state index is 13.7. The van der Waals surface area contributed by atoms with Gasteiger partial charge in [0.05, 0.1) is 5.56 Å². The third kappa shape index (κ3) is 3.43. The van der Waals surface area contributed by atoms with Crippen LogP contribution in [0.1, 0.15) is 28.8 Å². The molecule has 19 heavy (non-hydrogen) atoms. The molecule has 2 rings (SSSR count). The van der Waals surface area contributed by atoms with Gasteiger partial charge in [-0.2, -0.15) is 0 Å². The second-order valence-corrected chi connectivity index (χ2v) is 4.62. The first-order valence-electron chi connectivity index (χ1n) is 5.99.